The second kappa shape index (κ2) is 2.93. The quantitative estimate of drug-likeness (QED) is 0.257. The van der Waals surface area contributed by atoms with Gasteiger partial charge in [0.15, 0.2) is 5.69 Å². The molecule has 58 valence electrons. The van der Waals surface area contributed by atoms with Gasteiger partial charge >= 0.3 is 0 Å². The minimum atomic E-state index is -0.702. The van der Waals surface area contributed by atoms with Crippen molar-refractivity contribution in [2.45, 2.75) is 0 Å². The van der Waals surface area contributed by atoms with Crippen molar-refractivity contribution in [2.75, 3.05) is 0 Å². The van der Waals surface area contributed by atoms with Crippen LogP contribution in [0.5, 0.6) is 0 Å². The number of hydrogen-bond donors (Lipinski definition) is 3. The van der Waals surface area contributed by atoms with Gasteiger partial charge in [0.05, 0.1) is 0 Å². The van der Waals surface area contributed by atoms with Crippen LogP contribution < -0.4 is 16.8 Å². The lowest BCUT2D eigenvalue weighted by Gasteiger charge is -1.94. The molecule has 0 aliphatic heterocycles. The lowest BCUT2D eigenvalue weighted by molar-refractivity contribution is 0.0947. The number of amides is 1. The van der Waals surface area contributed by atoms with Crippen molar-refractivity contribution in [3.63, 3.8) is 0 Å². The molecule has 0 aromatic carbocycles. The van der Waals surface area contributed by atoms with Crippen molar-refractivity contribution in [2.24, 2.45) is 5.84 Å². The molecule has 11 heavy (non-hydrogen) atoms. The molecule has 0 fully saturated rings. The van der Waals surface area contributed by atoms with Gasteiger partial charge in [0.2, 0.25) is 0 Å². The molecule has 1 aromatic heterocycles. The first kappa shape index (κ1) is 7.42. The number of nitrogens with zero attached hydrogens (tertiary/aromatic N) is 1. The van der Waals surface area contributed by atoms with Gasteiger partial charge < -0.3 is 4.98 Å². The van der Waals surface area contributed by atoms with Crippen molar-refractivity contribution in [3.8, 4) is 0 Å². The van der Waals surface area contributed by atoms with Gasteiger partial charge in [-0.25, -0.2) is 10.8 Å². The van der Waals surface area contributed by atoms with Crippen molar-refractivity contribution in [1.82, 2.24) is 15.4 Å². The minimum absolute atomic E-state index is 0.241. The molecule has 0 aliphatic carbocycles. The highest BCUT2D eigenvalue weighted by Crippen LogP contribution is 1.79. The van der Waals surface area contributed by atoms with Crippen LogP contribution in [0.2, 0.25) is 0 Å². The molecule has 1 aromatic rings. The Balaban J connectivity index is 3.14. The number of nitrogens with one attached hydrogen (secondary N) is 2. The third-order valence-corrected chi connectivity index (χ3v) is 1.05. The SMILES string of the molecule is NNC(=O)c1ncc[nH]c1=O. The van der Waals surface area contributed by atoms with E-state index < -0.39 is 11.5 Å². The zero-order valence-electron chi connectivity index (χ0n) is 5.50. The summed E-state index contributed by atoms with van der Waals surface area (Å²) in [7, 11) is 0. The molecule has 0 saturated carbocycles. The zero-order chi connectivity index (χ0) is 8.27. The van der Waals surface area contributed by atoms with Gasteiger partial charge in [-0.1, -0.05) is 0 Å². The number of aromatic amines is 1. The monoisotopic (exact) mass is 154 g/mol. The summed E-state index contributed by atoms with van der Waals surface area (Å²) in [4.78, 5) is 27.3. The standard InChI is InChI=1S/C5H6N4O2/c6-9-5(11)3-4(10)8-2-1-7-3/h1-2H,6H2,(H,8,10)(H,9,11). The highest BCUT2D eigenvalue weighted by Gasteiger charge is 2.08. The van der Waals surface area contributed by atoms with Crippen molar-refractivity contribution >= 4 is 5.91 Å². The second-order valence-electron chi connectivity index (χ2n) is 1.74. The Labute approximate surface area is 61.4 Å². The Morgan fingerprint density at radius 3 is 3.00 bits per heavy atom. The Morgan fingerprint density at radius 2 is 2.45 bits per heavy atom. The third-order valence-electron chi connectivity index (χ3n) is 1.05. The van der Waals surface area contributed by atoms with Crippen LogP contribution in [-0.2, 0) is 0 Å². The molecule has 1 heterocycles. The average Bonchev–Trinajstić information content (AvgIpc) is 2.04. The number of carbonyl (C=O) groups is 1. The van der Waals surface area contributed by atoms with E-state index in [2.05, 4.69) is 9.97 Å². The van der Waals surface area contributed by atoms with E-state index in [0.29, 0.717) is 0 Å². The van der Waals surface area contributed by atoms with Crippen LogP contribution in [0.4, 0.5) is 0 Å². The molecular weight excluding hydrogens is 148 g/mol. The number of nitrogens with two attached hydrogens (primary N) is 1. The summed E-state index contributed by atoms with van der Waals surface area (Å²) >= 11 is 0. The number of carbonyl (C=O) groups excluding carboxylic acids is 1. The number of rotatable bonds is 1. The largest absolute Gasteiger partial charge is 0.326 e. The van der Waals surface area contributed by atoms with Crippen LogP contribution in [0.15, 0.2) is 17.2 Å². The maximum atomic E-state index is 10.8. The van der Waals surface area contributed by atoms with Crippen molar-refractivity contribution in [3.05, 3.63) is 28.4 Å². The predicted octanol–water partition coefficient (Wildman–Crippen LogP) is -1.63. The van der Waals surface area contributed by atoms with E-state index in [1.165, 1.54) is 12.4 Å². The number of H-pyrrole nitrogens is 1. The summed E-state index contributed by atoms with van der Waals surface area (Å²) < 4.78 is 0. The molecule has 1 amide bonds. The van der Waals surface area contributed by atoms with Gasteiger partial charge in [-0.2, -0.15) is 0 Å². The minimum Gasteiger partial charge on any atom is -0.326 e. The maximum Gasteiger partial charge on any atom is 0.289 e. The summed E-state index contributed by atoms with van der Waals surface area (Å²) in [5, 5.41) is 0. The molecule has 0 spiro atoms. The van der Waals surface area contributed by atoms with Crippen molar-refractivity contribution in [1.29, 1.82) is 0 Å². The summed E-state index contributed by atoms with van der Waals surface area (Å²) in [6, 6.07) is 0. The Kier molecular flexibility index (Phi) is 1.98. The van der Waals surface area contributed by atoms with E-state index in [0.717, 1.165) is 0 Å². The fraction of sp³-hybridized carbons (Fsp3) is 0. The van der Waals surface area contributed by atoms with Gasteiger partial charge in [0, 0.05) is 12.4 Å². The molecule has 0 radical (unpaired) electrons. The molecule has 0 unspecified atom stereocenters. The first-order valence-corrected chi connectivity index (χ1v) is 2.80. The molecule has 6 heteroatoms. The van der Waals surface area contributed by atoms with Gasteiger partial charge in [-0.05, 0) is 0 Å². The van der Waals surface area contributed by atoms with Gasteiger partial charge in [0.1, 0.15) is 0 Å². The Bertz CT molecular complexity index is 318. The van der Waals surface area contributed by atoms with Gasteiger partial charge in [-0.15, -0.1) is 0 Å². The summed E-state index contributed by atoms with van der Waals surface area (Å²) in [6.45, 7) is 0. The number of hydrogen-bond acceptors (Lipinski definition) is 4. The van der Waals surface area contributed by atoms with E-state index in [1.807, 2.05) is 0 Å². The molecular formula is C5H6N4O2. The molecule has 0 aliphatic rings. The van der Waals surface area contributed by atoms with Crippen LogP contribution in [0.25, 0.3) is 0 Å². The maximum absolute atomic E-state index is 10.8. The zero-order valence-corrected chi connectivity index (χ0v) is 5.50. The fourth-order valence-corrected chi connectivity index (χ4v) is 0.582. The van der Waals surface area contributed by atoms with Crippen LogP contribution in [0.1, 0.15) is 10.5 Å². The van der Waals surface area contributed by atoms with E-state index in [9.17, 15) is 9.59 Å². The van der Waals surface area contributed by atoms with Crippen molar-refractivity contribution < 1.29 is 4.79 Å². The first-order chi connectivity index (χ1) is 5.25. The molecule has 1 rings (SSSR count). The van der Waals surface area contributed by atoms with E-state index >= 15 is 0 Å². The third kappa shape index (κ3) is 1.41. The predicted molar refractivity (Wildman–Crippen MR) is 36.5 cm³/mol. The van der Waals surface area contributed by atoms with Crippen LogP contribution in [0.3, 0.4) is 0 Å². The Hall–Kier alpha value is -1.69. The molecule has 0 atom stereocenters. The van der Waals surface area contributed by atoms with E-state index in [-0.39, 0.29) is 5.69 Å². The normalized spacial score (nSPS) is 9.18. The topological polar surface area (TPSA) is 101 Å². The number of hydrazine groups is 1. The Morgan fingerprint density at radius 1 is 1.73 bits per heavy atom. The number of aromatic nitrogens is 2. The summed E-state index contributed by atoms with van der Waals surface area (Å²) in [5.74, 6) is 4.08. The lowest BCUT2D eigenvalue weighted by Crippen LogP contribution is -2.35. The smallest absolute Gasteiger partial charge is 0.289 e. The average molecular weight is 154 g/mol. The number of nitrogen functional groups attached to an aromatic ring is 1. The van der Waals surface area contributed by atoms with Crippen LogP contribution >= 0.6 is 0 Å². The lowest BCUT2D eigenvalue weighted by atomic mass is 10.4. The van der Waals surface area contributed by atoms with E-state index in [1.54, 1.807) is 5.43 Å². The molecule has 0 bridgehead atoms. The summed E-state index contributed by atoms with van der Waals surface area (Å²) in [5.41, 5.74) is 1.00. The molecule has 4 N–H and O–H groups in total. The van der Waals surface area contributed by atoms with Crippen LogP contribution in [0, 0.1) is 0 Å². The second-order valence-corrected chi connectivity index (χ2v) is 1.74. The first-order valence-electron chi connectivity index (χ1n) is 2.80. The highest BCUT2D eigenvalue weighted by molar-refractivity contribution is 5.91. The highest BCUT2D eigenvalue weighted by atomic mass is 16.2. The van der Waals surface area contributed by atoms with Crippen LogP contribution in [-0.4, -0.2) is 15.9 Å². The summed E-state index contributed by atoms with van der Waals surface area (Å²) in [6.07, 6.45) is 2.63. The van der Waals surface area contributed by atoms with Gasteiger partial charge in [0.25, 0.3) is 11.5 Å². The van der Waals surface area contributed by atoms with Gasteiger partial charge in [-0.3, -0.25) is 15.0 Å². The molecule has 0 saturated heterocycles. The molecule has 6 nitrogen and oxygen atoms in total. The fourth-order valence-electron chi connectivity index (χ4n) is 0.582. The van der Waals surface area contributed by atoms with E-state index in [4.69, 9.17) is 5.84 Å².